The first-order valence-electron chi connectivity index (χ1n) is 8.18. The number of nitrogens with one attached hydrogen (secondary N) is 2. The molecule has 0 fully saturated rings. The zero-order valence-corrected chi connectivity index (χ0v) is 14.0. The van der Waals surface area contributed by atoms with Crippen molar-refractivity contribution in [3.8, 4) is 0 Å². The number of hydrogen-bond acceptors (Lipinski definition) is 1. The van der Waals surface area contributed by atoms with Gasteiger partial charge in [-0.1, -0.05) is 24.3 Å². The van der Waals surface area contributed by atoms with Crippen molar-refractivity contribution in [1.29, 1.82) is 0 Å². The third kappa shape index (κ3) is 4.86. The Morgan fingerprint density at radius 3 is 2.21 bits per heavy atom. The van der Waals surface area contributed by atoms with Gasteiger partial charge in [0.2, 0.25) is 0 Å². The fraction of sp³-hybridized carbons (Fsp3) is 0.316. The lowest BCUT2D eigenvalue weighted by molar-refractivity contribution is -0.910. The minimum atomic E-state index is -0.856. The summed E-state index contributed by atoms with van der Waals surface area (Å²) < 4.78 is 26.4. The molecule has 0 aromatic heterocycles. The van der Waals surface area contributed by atoms with Crippen LogP contribution in [0.1, 0.15) is 35.3 Å². The molecule has 0 saturated heterocycles. The molecule has 2 aromatic rings. The van der Waals surface area contributed by atoms with Crippen molar-refractivity contribution in [2.45, 2.75) is 26.9 Å². The Bertz CT molecular complexity index is 682. The number of quaternary nitrogens is 1. The first-order chi connectivity index (χ1) is 11.5. The number of halogens is 2. The van der Waals surface area contributed by atoms with Crippen molar-refractivity contribution >= 4 is 5.91 Å². The van der Waals surface area contributed by atoms with Crippen molar-refractivity contribution < 1.29 is 18.5 Å². The second kappa shape index (κ2) is 8.55. The summed E-state index contributed by atoms with van der Waals surface area (Å²) in [6.07, 6.45) is 0. The van der Waals surface area contributed by atoms with Crippen LogP contribution in [0.25, 0.3) is 0 Å². The Kier molecular flexibility index (Phi) is 6.44. The van der Waals surface area contributed by atoms with E-state index in [1.807, 2.05) is 24.3 Å². The van der Waals surface area contributed by atoms with E-state index >= 15 is 0 Å². The van der Waals surface area contributed by atoms with Gasteiger partial charge in [0.05, 0.1) is 18.7 Å². The first-order valence-corrected chi connectivity index (χ1v) is 8.18. The van der Waals surface area contributed by atoms with Crippen molar-refractivity contribution in [3.05, 3.63) is 70.8 Å². The molecule has 0 atom stereocenters. The normalized spacial score (nSPS) is 10.9. The standard InChI is InChI=1S/C19H22F2N2O/c1-3-23(4-2)13-15-7-5-14(6-8-15)12-22-19(24)17-10-9-16(20)11-18(17)21/h5-11H,3-4,12-13H2,1-2H3,(H,22,24)/p+1. The molecular weight excluding hydrogens is 310 g/mol. The SMILES string of the molecule is CC[NH+](CC)Cc1ccc(CNC(=O)c2ccc(F)cc2F)cc1. The second-order valence-corrected chi connectivity index (χ2v) is 5.76. The third-order valence-corrected chi connectivity index (χ3v) is 4.11. The highest BCUT2D eigenvalue weighted by molar-refractivity contribution is 5.94. The summed E-state index contributed by atoms with van der Waals surface area (Å²) in [5.41, 5.74) is 2.02. The lowest BCUT2D eigenvalue weighted by Gasteiger charge is -2.15. The molecule has 0 bridgehead atoms. The molecule has 2 rings (SSSR count). The number of benzene rings is 2. The molecule has 0 aliphatic rings. The van der Waals surface area contributed by atoms with Crippen LogP contribution in [-0.2, 0) is 13.1 Å². The molecule has 128 valence electrons. The summed E-state index contributed by atoms with van der Waals surface area (Å²) in [5.74, 6) is -2.11. The smallest absolute Gasteiger partial charge is 0.254 e. The van der Waals surface area contributed by atoms with E-state index in [4.69, 9.17) is 0 Å². The van der Waals surface area contributed by atoms with Crippen LogP contribution < -0.4 is 10.2 Å². The molecule has 2 aromatic carbocycles. The maximum absolute atomic E-state index is 13.6. The van der Waals surface area contributed by atoms with Crippen LogP contribution in [0.15, 0.2) is 42.5 Å². The van der Waals surface area contributed by atoms with Gasteiger partial charge in [-0.25, -0.2) is 8.78 Å². The fourth-order valence-electron chi connectivity index (χ4n) is 2.51. The topological polar surface area (TPSA) is 33.5 Å². The van der Waals surface area contributed by atoms with Gasteiger partial charge in [0.25, 0.3) is 5.91 Å². The van der Waals surface area contributed by atoms with Gasteiger partial charge in [-0.15, -0.1) is 0 Å². The third-order valence-electron chi connectivity index (χ3n) is 4.11. The first kappa shape index (κ1) is 18.1. The molecule has 24 heavy (non-hydrogen) atoms. The maximum Gasteiger partial charge on any atom is 0.254 e. The van der Waals surface area contributed by atoms with Crippen LogP contribution >= 0.6 is 0 Å². The number of rotatable bonds is 7. The van der Waals surface area contributed by atoms with Crippen molar-refractivity contribution in [1.82, 2.24) is 5.32 Å². The number of carbonyl (C=O) groups excluding carboxylic acids is 1. The fourth-order valence-corrected chi connectivity index (χ4v) is 2.51. The highest BCUT2D eigenvalue weighted by atomic mass is 19.1. The van der Waals surface area contributed by atoms with Crippen molar-refractivity contribution in [2.24, 2.45) is 0 Å². The molecule has 0 unspecified atom stereocenters. The minimum absolute atomic E-state index is 0.154. The lowest BCUT2D eigenvalue weighted by Crippen LogP contribution is -3.10. The predicted molar refractivity (Wildman–Crippen MR) is 89.7 cm³/mol. The maximum atomic E-state index is 13.6. The highest BCUT2D eigenvalue weighted by Crippen LogP contribution is 2.10. The number of carbonyl (C=O) groups is 1. The Morgan fingerprint density at radius 2 is 1.62 bits per heavy atom. The van der Waals surface area contributed by atoms with Gasteiger partial charge in [0, 0.05) is 18.2 Å². The molecule has 0 radical (unpaired) electrons. The number of hydrogen-bond donors (Lipinski definition) is 2. The Balaban J connectivity index is 1.93. The average molecular weight is 333 g/mol. The van der Waals surface area contributed by atoms with Gasteiger partial charge < -0.3 is 10.2 Å². The zero-order valence-electron chi connectivity index (χ0n) is 14.0. The summed E-state index contributed by atoms with van der Waals surface area (Å²) in [4.78, 5) is 13.5. The van der Waals surface area contributed by atoms with E-state index in [0.29, 0.717) is 12.6 Å². The van der Waals surface area contributed by atoms with Gasteiger partial charge in [-0.2, -0.15) is 0 Å². The van der Waals surface area contributed by atoms with Crippen LogP contribution in [0.3, 0.4) is 0 Å². The average Bonchev–Trinajstić information content (AvgIpc) is 2.58. The Hall–Kier alpha value is -2.27. The van der Waals surface area contributed by atoms with E-state index in [1.54, 1.807) is 0 Å². The van der Waals surface area contributed by atoms with Crippen LogP contribution in [-0.4, -0.2) is 19.0 Å². The molecule has 0 aliphatic heterocycles. The van der Waals surface area contributed by atoms with Crippen LogP contribution in [0, 0.1) is 11.6 Å². The molecule has 0 heterocycles. The summed E-state index contributed by atoms with van der Waals surface area (Å²) in [7, 11) is 0. The quantitative estimate of drug-likeness (QED) is 0.801. The predicted octanol–water partition coefficient (Wildman–Crippen LogP) is 2.32. The molecule has 3 nitrogen and oxygen atoms in total. The van der Waals surface area contributed by atoms with E-state index in [0.717, 1.165) is 37.3 Å². The Labute approximate surface area is 141 Å². The van der Waals surface area contributed by atoms with Crippen LogP contribution in [0.4, 0.5) is 8.78 Å². The monoisotopic (exact) mass is 333 g/mol. The zero-order chi connectivity index (χ0) is 17.5. The molecule has 5 heteroatoms. The summed E-state index contributed by atoms with van der Waals surface area (Å²) in [5, 5.41) is 2.65. The second-order valence-electron chi connectivity index (χ2n) is 5.76. The molecule has 1 amide bonds. The van der Waals surface area contributed by atoms with E-state index < -0.39 is 17.5 Å². The van der Waals surface area contributed by atoms with Crippen LogP contribution in [0.5, 0.6) is 0 Å². The van der Waals surface area contributed by atoms with Gasteiger partial charge in [-0.3, -0.25) is 4.79 Å². The van der Waals surface area contributed by atoms with Crippen LogP contribution in [0.2, 0.25) is 0 Å². The van der Waals surface area contributed by atoms with E-state index in [1.165, 1.54) is 10.5 Å². The summed E-state index contributed by atoms with van der Waals surface area (Å²) >= 11 is 0. The molecule has 0 aliphatic carbocycles. The van der Waals surface area contributed by atoms with Crippen molar-refractivity contribution in [2.75, 3.05) is 13.1 Å². The summed E-state index contributed by atoms with van der Waals surface area (Å²) in [6.45, 7) is 7.76. The van der Waals surface area contributed by atoms with Gasteiger partial charge >= 0.3 is 0 Å². The lowest BCUT2D eigenvalue weighted by atomic mass is 10.1. The van der Waals surface area contributed by atoms with E-state index in [-0.39, 0.29) is 5.56 Å². The summed E-state index contributed by atoms with van der Waals surface area (Å²) in [6, 6.07) is 10.9. The van der Waals surface area contributed by atoms with Gasteiger partial charge in [0.1, 0.15) is 18.2 Å². The molecule has 0 spiro atoms. The molecule has 2 N–H and O–H groups in total. The van der Waals surface area contributed by atoms with E-state index in [2.05, 4.69) is 19.2 Å². The van der Waals surface area contributed by atoms with Crippen molar-refractivity contribution in [3.63, 3.8) is 0 Å². The van der Waals surface area contributed by atoms with E-state index in [9.17, 15) is 13.6 Å². The minimum Gasteiger partial charge on any atom is -0.348 e. The molecule has 0 saturated carbocycles. The highest BCUT2D eigenvalue weighted by Gasteiger charge is 2.12. The number of amides is 1. The largest absolute Gasteiger partial charge is 0.348 e. The van der Waals surface area contributed by atoms with Gasteiger partial charge in [0.15, 0.2) is 0 Å². The van der Waals surface area contributed by atoms with Gasteiger partial charge in [-0.05, 0) is 31.5 Å². The molecular formula is C19H23F2N2O+. The Morgan fingerprint density at radius 1 is 1.00 bits per heavy atom.